The van der Waals surface area contributed by atoms with Gasteiger partial charge in [0.2, 0.25) is 5.91 Å². The Bertz CT molecular complexity index is 823. The van der Waals surface area contributed by atoms with Crippen molar-refractivity contribution in [3.63, 3.8) is 0 Å². The normalized spacial score (nSPS) is 18.4. The molecule has 1 aliphatic carbocycles. The first kappa shape index (κ1) is 21.9. The smallest absolute Gasteiger partial charge is 0.293 e. The number of hydrogen-bond donors (Lipinski definition) is 1. The van der Waals surface area contributed by atoms with Crippen LogP contribution in [0.3, 0.4) is 0 Å². The molecule has 156 valence electrons. The number of nitrogens with one attached hydrogen (secondary N) is 1. The van der Waals surface area contributed by atoms with Gasteiger partial charge in [-0.15, -0.1) is 0 Å². The van der Waals surface area contributed by atoms with E-state index in [0.717, 1.165) is 31.1 Å². The quantitative estimate of drug-likeness (QED) is 0.600. The van der Waals surface area contributed by atoms with Crippen LogP contribution in [0, 0.1) is 5.92 Å². The number of hydrogen-bond acceptors (Lipinski definition) is 5. The zero-order chi connectivity index (χ0) is 21.0. The van der Waals surface area contributed by atoms with Gasteiger partial charge >= 0.3 is 0 Å². The van der Waals surface area contributed by atoms with Crippen LogP contribution >= 0.6 is 23.4 Å². The van der Waals surface area contributed by atoms with Gasteiger partial charge in [0, 0.05) is 30.7 Å². The molecule has 0 radical (unpaired) electrons. The number of imide groups is 1. The van der Waals surface area contributed by atoms with Gasteiger partial charge in [-0.2, -0.15) is 0 Å². The monoisotopic (exact) mass is 435 g/mol. The van der Waals surface area contributed by atoms with E-state index in [0.29, 0.717) is 34.0 Å². The zero-order valence-electron chi connectivity index (χ0n) is 16.7. The highest BCUT2D eigenvalue weighted by atomic mass is 35.5. The lowest BCUT2D eigenvalue weighted by Gasteiger charge is -2.23. The first-order valence-electron chi connectivity index (χ1n) is 9.85. The molecule has 0 unspecified atom stereocenters. The molecule has 29 heavy (non-hydrogen) atoms. The molecule has 1 saturated carbocycles. The van der Waals surface area contributed by atoms with Crippen LogP contribution in [0.1, 0.15) is 32.3 Å². The van der Waals surface area contributed by atoms with E-state index in [9.17, 15) is 14.4 Å². The number of thioether (sulfide) groups is 1. The van der Waals surface area contributed by atoms with Crippen molar-refractivity contribution < 1.29 is 14.4 Å². The summed E-state index contributed by atoms with van der Waals surface area (Å²) < 4.78 is 0. The Balaban J connectivity index is 1.50. The van der Waals surface area contributed by atoms with Gasteiger partial charge in [-0.05, 0) is 48.2 Å². The van der Waals surface area contributed by atoms with Crippen LogP contribution in [0.5, 0.6) is 0 Å². The number of rotatable bonds is 9. The minimum absolute atomic E-state index is 0.0730. The molecule has 0 bridgehead atoms. The first-order valence-corrected chi connectivity index (χ1v) is 11.0. The fraction of sp³-hybridized carbons (Fsp3) is 0.476. The number of nitrogens with zero attached hydrogens (tertiary/aromatic N) is 2. The SMILES string of the molecule is CC(C)CN(CC(=O)NCCN1C(=O)S/C(=C\c2ccccc2Cl)C1=O)C1CC1. The van der Waals surface area contributed by atoms with E-state index < -0.39 is 0 Å². The summed E-state index contributed by atoms with van der Waals surface area (Å²) in [6.07, 6.45) is 3.92. The molecule has 0 atom stereocenters. The van der Waals surface area contributed by atoms with E-state index in [-0.39, 0.29) is 30.1 Å². The van der Waals surface area contributed by atoms with E-state index in [1.165, 1.54) is 4.90 Å². The molecule has 1 aromatic carbocycles. The van der Waals surface area contributed by atoms with Crippen LogP contribution in [0.25, 0.3) is 6.08 Å². The van der Waals surface area contributed by atoms with Crippen molar-refractivity contribution in [2.24, 2.45) is 5.92 Å². The highest BCUT2D eigenvalue weighted by Crippen LogP contribution is 2.33. The number of halogens is 1. The molecule has 1 heterocycles. The fourth-order valence-electron chi connectivity index (χ4n) is 3.23. The lowest BCUT2D eigenvalue weighted by molar-refractivity contribution is -0.125. The van der Waals surface area contributed by atoms with E-state index in [2.05, 4.69) is 24.1 Å². The van der Waals surface area contributed by atoms with Gasteiger partial charge < -0.3 is 5.32 Å². The van der Waals surface area contributed by atoms with Crippen molar-refractivity contribution in [1.82, 2.24) is 15.1 Å². The van der Waals surface area contributed by atoms with Gasteiger partial charge in [0.15, 0.2) is 0 Å². The molecule has 1 saturated heterocycles. The van der Waals surface area contributed by atoms with Crippen LogP contribution in [0.15, 0.2) is 29.2 Å². The lowest BCUT2D eigenvalue weighted by atomic mass is 10.2. The fourth-order valence-corrected chi connectivity index (χ4v) is 4.27. The third-order valence-corrected chi connectivity index (χ3v) is 5.98. The summed E-state index contributed by atoms with van der Waals surface area (Å²) >= 11 is 7.02. The largest absolute Gasteiger partial charge is 0.353 e. The van der Waals surface area contributed by atoms with Gasteiger partial charge in [-0.25, -0.2) is 0 Å². The second-order valence-corrected chi connectivity index (χ2v) is 9.16. The first-order chi connectivity index (χ1) is 13.8. The summed E-state index contributed by atoms with van der Waals surface area (Å²) in [7, 11) is 0. The van der Waals surface area contributed by atoms with Gasteiger partial charge in [0.1, 0.15) is 0 Å². The highest BCUT2D eigenvalue weighted by Gasteiger charge is 2.35. The van der Waals surface area contributed by atoms with E-state index >= 15 is 0 Å². The van der Waals surface area contributed by atoms with Gasteiger partial charge in [0.25, 0.3) is 11.1 Å². The summed E-state index contributed by atoms with van der Waals surface area (Å²) in [5.74, 6) is 0.0771. The van der Waals surface area contributed by atoms with Crippen LogP contribution in [0.2, 0.25) is 5.02 Å². The second-order valence-electron chi connectivity index (χ2n) is 7.76. The summed E-state index contributed by atoms with van der Waals surface area (Å²) in [5, 5.41) is 3.02. The minimum atomic E-state index is -0.353. The molecule has 2 aliphatic rings. The Morgan fingerprint density at radius 1 is 1.34 bits per heavy atom. The molecule has 6 nitrogen and oxygen atoms in total. The number of amides is 3. The maximum absolute atomic E-state index is 12.6. The molecule has 0 spiro atoms. The maximum atomic E-state index is 12.6. The maximum Gasteiger partial charge on any atom is 0.293 e. The molecule has 1 aliphatic heterocycles. The molecule has 2 fully saturated rings. The molecule has 1 aromatic rings. The summed E-state index contributed by atoms with van der Waals surface area (Å²) in [6, 6.07) is 7.66. The molecular formula is C21H26ClN3O3S. The van der Waals surface area contributed by atoms with Crippen molar-refractivity contribution in [2.45, 2.75) is 32.7 Å². The highest BCUT2D eigenvalue weighted by molar-refractivity contribution is 8.18. The Kier molecular flexibility index (Phi) is 7.38. The molecule has 8 heteroatoms. The number of benzene rings is 1. The summed E-state index contributed by atoms with van der Waals surface area (Å²) in [5.41, 5.74) is 0.693. The predicted octanol–water partition coefficient (Wildman–Crippen LogP) is 3.61. The van der Waals surface area contributed by atoms with Gasteiger partial charge in [0.05, 0.1) is 11.4 Å². The van der Waals surface area contributed by atoms with Crippen LogP contribution in [-0.2, 0) is 9.59 Å². The Labute approximate surface area is 180 Å². The second kappa shape index (κ2) is 9.78. The summed E-state index contributed by atoms with van der Waals surface area (Å²) in [6.45, 7) is 5.94. The van der Waals surface area contributed by atoms with Crippen molar-refractivity contribution in [2.75, 3.05) is 26.2 Å². The lowest BCUT2D eigenvalue weighted by Crippen LogP contribution is -2.43. The third kappa shape index (κ3) is 6.07. The zero-order valence-corrected chi connectivity index (χ0v) is 18.3. The third-order valence-electron chi connectivity index (χ3n) is 4.73. The molecule has 3 rings (SSSR count). The van der Waals surface area contributed by atoms with E-state index in [4.69, 9.17) is 11.6 Å². The van der Waals surface area contributed by atoms with E-state index in [1.807, 2.05) is 6.07 Å². The predicted molar refractivity (Wildman–Crippen MR) is 117 cm³/mol. The molecule has 3 amide bonds. The van der Waals surface area contributed by atoms with E-state index in [1.54, 1.807) is 24.3 Å². The average molecular weight is 436 g/mol. The standard InChI is InChI=1S/C21H26ClN3O3S/c1-14(2)12-24(16-7-8-16)13-19(26)23-9-10-25-20(27)18(29-21(25)28)11-15-5-3-4-6-17(15)22/h3-6,11,14,16H,7-10,12-13H2,1-2H3,(H,23,26)/b18-11-. The Morgan fingerprint density at radius 2 is 2.07 bits per heavy atom. The summed E-state index contributed by atoms with van der Waals surface area (Å²) in [4.78, 5) is 40.8. The van der Waals surface area contributed by atoms with Crippen LogP contribution in [-0.4, -0.2) is 59.1 Å². The minimum Gasteiger partial charge on any atom is -0.353 e. The molecule has 0 aromatic heterocycles. The average Bonchev–Trinajstić information content (AvgIpc) is 3.46. The van der Waals surface area contributed by atoms with Gasteiger partial charge in [-0.3, -0.25) is 24.2 Å². The van der Waals surface area contributed by atoms with Crippen molar-refractivity contribution in [3.05, 3.63) is 39.8 Å². The molecule has 1 N–H and O–H groups in total. The Hall–Kier alpha value is -1.83. The number of carbonyl (C=O) groups excluding carboxylic acids is 3. The number of carbonyl (C=O) groups is 3. The van der Waals surface area contributed by atoms with Crippen LogP contribution < -0.4 is 5.32 Å². The Morgan fingerprint density at radius 3 is 2.72 bits per heavy atom. The van der Waals surface area contributed by atoms with Crippen LogP contribution in [0.4, 0.5) is 4.79 Å². The van der Waals surface area contributed by atoms with Gasteiger partial charge in [-0.1, -0.05) is 43.6 Å². The van der Waals surface area contributed by atoms with Crippen molar-refractivity contribution >= 4 is 46.5 Å². The molecular weight excluding hydrogens is 410 g/mol. The van der Waals surface area contributed by atoms with Crippen molar-refractivity contribution in [3.8, 4) is 0 Å². The van der Waals surface area contributed by atoms with Crippen molar-refractivity contribution in [1.29, 1.82) is 0 Å². The topological polar surface area (TPSA) is 69.7 Å².